The number of pyridine rings is 1. The number of methoxy groups -OCH3 is 1. The molecule has 12 heteroatoms. The largest absolute Gasteiger partial charge is 0.494 e. The maximum absolute atomic E-state index is 14.2. The molecule has 3 heterocycles. The minimum absolute atomic E-state index is 0.0487. The van der Waals surface area contributed by atoms with Gasteiger partial charge in [-0.25, -0.2) is 19.0 Å². The number of aromatic nitrogens is 5. The van der Waals surface area contributed by atoms with E-state index in [1.54, 1.807) is 6.07 Å². The van der Waals surface area contributed by atoms with Crippen molar-refractivity contribution >= 4 is 28.4 Å². The fraction of sp³-hybridized carbons (Fsp3) is 0.261. The van der Waals surface area contributed by atoms with Crippen molar-refractivity contribution in [1.29, 1.82) is 0 Å². The van der Waals surface area contributed by atoms with Crippen LogP contribution < -0.4 is 20.9 Å². The molecule has 4 rings (SSSR count). The van der Waals surface area contributed by atoms with E-state index in [1.165, 1.54) is 48.6 Å². The van der Waals surface area contributed by atoms with Gasteiger partial charge in [0.1, 0.15) is 23.1 Å². The standard InChI is InChI=1S/C23H25FN8O3/c1-31(2)10-4-7-26-22(33)20-15-13-28-19(29-21-23(34)27-9-8-25-21)12-16(15)32(30-20)17-11-14(24)5-6-18(17)35-3/h5-6,8-9,11-13H,4,7,10H2,1-3H3,(H,26,33)(H,27,34)(H,25,28,29). The normalized spacial score (nSPS) is 11.1. The summed E-state index contributed by atoms with van der Waals surface area (Å²) in [7, 11) is 5.38. The van der Waals surface area contributed by atoms with Crippen LogP contribution >= 0.6 is 0 Å². The zero-order valence-corrected chi connectivity index (χ0v) is 19.5. The summed E-state index contributed by atoms with van der Waals surface area (Å²) >= 11 is 0. The number of anilines is 2. The first-order chi connectivity index (χ1) is 16.9. The zero-order chi connectivity index (χ0) is 24.9. The SMILES string of the molecule is COc1ccc(F)cc1-n1nc(C(=O)NCCCN(C)C)c2cnc(Nc3ncc[nH]c3=O)cc21. The third kappa shape index (κ3) is 5.27. The first-order valence-corrected chi connectivity index (χ1v) is 10.8. The van der Waals surface area contributed by atoms with E-state index in [2.05, 4.69) is 30.7 Å². The van der Waals surface area contributed by atoms with E-state index in [9.17, 15) is 14.0 Å². The van der Waals surface area contributed by atoms with Gasteiger partial charge in [-0.05, 0) is 39.2 Å². The number of ether oxygens (including phenoxy) is 1. The van der Waals surface area contributed by atoms with E-state index >= 15 is 0 Å². The first-order valence-electron chi connectivity index (χ1n) is 10.8. The average molecular weight is 481 g/mol. The Bertz CT molecular complexity index is 1420. The first kappa shape index (κ1) is 23.8. The number of amides is 1. The Labute approximate surface area is 200 Å². The van der Waals surface area contributed by atoms with Gasteiger partial charge in [0.2, 0.25) is 0 Å². The Hall–Kier alpha value is -4.32. The maximum atomic E-state index is 14.2. The molecule has 1 aromatic carbocycles. The Morgan fingerprint density at radius 2 is 2.09 bits per heavy atom. The van der Waals surface area contributed by atoms with Crippen molar-refractivity contribution in [2.24, 2.45) is 0 Å². The van der Waals surface area contributed by atoms with Gasteiger partial charge in [-0.15, -0.1) is 0 Å². The number of carbonyl (C=O) groups is 1. The summed E-state index contributed by atoms with van der Waals surface area (Å²) in [6.45, 7) is 1.28. The number of benzene rings is 1. The van der Waals surface area contributed by atoms with Gasteiger partial charge in [-0.1, -0.05) is 0 Å². The second kappa shape index (κ2) is 10.3. The van der Waals surface area contributed by atoms with Crippen molar-refractivity contribution in [1.82, 2.24) is 34.9 Å². The van der Waals surface area contributed by atoms with Gasteiger partial charge in [-0.3, -0.25) is 9.59 Å². The van der Waals surface area contributed by atoms with E-state index in [-0.39, 0.29) is 23.2 Å². The summed E-state index contributed by atoms with van der Waals surface area (Å²) in [5.41, 5.74) is 0.465. The van der Waals surface area contributed by atoms with Gasteiger partial charge in [0.25, 0.3) is 11.5 Å². The summed E-state index contributed by atoms with van der Waals surface area (Å²) in [5.74, 6) is -0.178. The minimum Gasteiger partial charge on any atom is -0.494 e. The van der Waals surface area contributed by atoms with Crippen molar-refractivity contribution in [3.63, 3.8) is 0 Å². The molecule has 11 nitrogen and oxygen atoms in total. The molecule has 0 saturated carbocycles. The molecule has 0 aliphatic rings. The Balaban J connectivity index is 1.78. The molecule has 1 amide bonds. The summed E-state index contributed by atoms with van der Waals surface area (Å²) in [5, 5.41) is 10.7. The number of H-pyrrole nitrogens is 1. The Kier molecular flexibility index (Phi) is 7.01. The number of nitrogens with zero attached hydrogens (tertiary/aromatic N) is 5. The fourth-order valence-corrected chi connectivity index (χ4v) is 3.50. The van der Waals surface area contributed by atoms with Crippen molar-refractivity contribution in [2.75, 3.05) is 39.6 Å². The third-order valence-electron chi connectivity index (χ3n) is 5.17. The van der Waals surface area contributed by atoms with Gasteiger partial charge in [-0.2, -0.15) is 5.10 Å². The highest BCUT2D eigenvalue weighted by Crippen LogP contribution is 2.30. The number of rotatable bonds is 9. The number of carbonyl (C=O) groups excluding carboxylic acids is 1. The lowest BCUT2D eigenvalue weighted by Crippen LogP contribution is -2.27. The van der Waals surface area contributed by atoms with Gasteiger partial charge < -0.3 is 25.3 Å². The highest BCUT2D eigenvalue weighted by Gasteiger charge is 2.21. The second-order valence-corrected chi connectivity index (χ2v) is 7.97. The van der Waals surface area contributed by atoms with Crippen LogP contribution in [0.2, 0.25) is 0 Å². The van der Waals surface area contributed by atoms with Crippen molar-refractivity contribution in [3.05, 3.63) is 64.7 Å². The summed E-state index contributed by atoms with van der Waals surface area (Å²) in [4.78, 5) is 37.9. The molecule has 3 N–H and O–H groups in total. The molecule has 0 unspecified atom stereocenters. The number of hydrogen-bond donors (Lipinski definition) is 3. The molecule has 0 spiro atoms. The van der Waals surface area contributed by atoms with Crippen LogP contribution in [-0.4, -0.2) is 69.8 Å². The molecule has 0 aliphatic carbocycles. The topological polar surface area (TPSA) is 130 Å². The highest BCUT2D eigenvalue weighted by atomic mass is 19.1. The lowest BCUT2D eigenvalue weighted by atomic mass is 10.2. The van der Waals surface area contributed by atoms with E-state index in [0.717, 1.165) is 13.0 Å². The molecular weight excluding hydrogens is 455 g/mol. The van der Waals surface area contributed by atoms with Crippen molar-refractivity contribution in [3.8, 4) is 11.4 Å². The molecule has 4 aromatic rings. The van der Waals surface area contributed by atoms with Crippen LogP contribution in [0.3, 0.4) is 0 Å². The predicted molar refractivity (Wildman–Crippen MR) is 129 cm³/mol. The molecule has 0 fully saturated rings. The summed E-state index contributed by atoms with van der Waals surface area (Å²) < 4.78 is 21.0. The molecule has 0 atom stereocenters. The maximum Gasteiger partial charge on any atom is 0.291 e. The fourth-order valence-electron chi connectivity index (χ4n) is 3.50. The molecule has 182 valence electrons. The average Bonchev–Trinajstić information content (AvgIpc) is 3.22. The molecule has 35 heavy (non-hydrogen) atoms. The van der Waals surface area contributed by atoms with Crippen LogP contribution in [-0.2, 0) is 0 Å². The lowest BCUT2D eigenvalue weighted by Gasteiger charge is -2.10. The third-order valence-corrected chi connectivity index (χ3v) is 5.17. The smallest absolute Gasteiger partial charge is 0.291 e. The monoisotopic (exact) mass is 480 g/mol. The number of fused-ring (bicyclic) bond motifs is 1. The molecule has 0 bridgehead atoms. The molecule has 0 radical (unpaired) electrons. The minimum atomic E-state index is -0.494. The van der Waals surface area contributed by atoms with Gasteiger partial charge in [0, 0.05) is 37.3 Å². The van der Waals surface area contributed by atoms with Crippen LogP contribution in [0.1, 0.15) is 16.9 Å². The number of nitrogens with one attached hydrogen (secondary N) is 3. The second-order valence-electron chi connectivity index (χ2n) is 7.97. The van der Waals surface area contributed by atoms with E-state index in [0.29, 0.717) is 28.9 Å². The van der Waals surface area contributed by atoms with Crippen LogP contribution in [0.5, 0.6) is 5.75 Å². The van der Waals surface area contributed by atoms with Gasteiger partial charge in [0.15, 0.2) is 11.5 Å². The van der Waals surface area contributed by atoms with Gasteiger partial charge >= 0.3 is 0 Å². The zero-order valence-electron chi connectivity index (χ0n) is 19.5. The van der Waals surface area contributed by atoms with E-state index in [1.807, 2.05) is 19.0 Å². The Morgan fingerprint density at radius 1 is 1.26 bits per heavy atom. The Morgan fingerprint density at radius 3 is 2.83 bits per heavy atom. The highest BCUT2D eigenvalue weighted by molar-refractivity contribution is 6.05. The van der Waals surface area contributed by atoms with Crippen LogP contribution in [0, 0.1) is 5.82 Å². The van der Waals surface area contributed by atoms with Crippen molar-refractivity contribution in [2.45, 2.75) is 6.42 Å². The van der Waals surface area contributed by atoms with E-state index in [4.69, 9.17) is 4.74 Å². The number of aromatic amines is 1. The molecular formula is C23H25FN8O3. The van der Waals surface area contributed by atoms with E-state index < -0.39 is 11.4 Å². The molecule has 0 aliphatic heterocycles. The lowest BCUT2D eigenvalue weighted by molar-refractivity contribution is 0.0948. The molecule has 3 aromatic heterocycles. The van der Waals surface area contributed by atoms with Crippen LogP contribution in [0.25, 0.3) is 16.6 Å². The predicted octanol–water partition coefficient (Wildman–Crippen LogP) is 2.08. The van der Waals surface area contributed by atoms with Crippen LogP contribution in [0.4, 0.5) is 16.0 Å². The number of hydrogen-bond acceptors (Lipinski definition) is 8. The summed E-state index contributed by atoms with van der Waals surface area (Å²) in [6.07, 6.45) is 5.08. The molecule has 0 saturated heterocycles. The quantitative estimate of drug-likeness (QED) is 0.311. The van der Waals surface area contributed by atoms with Crippen LogP contribution in [0.15, 0.2) is 47.7 Å². The summed E-state index contributed by atoms with van der Waals surface area (Å²) in [6, 6.07) is 5.62. The van der Waals surface area contributed by atoms with Crippen molar-refractivity contribution < 1.29 is 13.9 Å². The van der Waals surface area contributed by atoms with Gasteiger partial charge in [0.05, 0.1) is 18.0 Å². The number of halogens is 1.